The predicted octanol–water partition coefficient (Wildman–Crippen LogP) is 3.38. The molecule has 0 aliphatic heterocycles. The third kappa shape index (κ3) is 5.62. The fourth-order valence-electron chi connectivity index (χ4n) is 1.62. The van der Waals surface area contributed by atoms with Gasteiger partial charge in [0.2, 0.25) is 0 Å². The minimum atomic E-state index is -0.433. The monoisotopic (exact) mass is 248 g/mol. The third-order valence-electron chi connectivity index (χ3n) is 2.68. The molecule has 1 rings (SSSR count). The highest BCUT2D eigenvalue weighted by molar-refractivity contribution is 5.91. The number of carbonyl (C=O) groups excluding carboxylic acids is 2. The zero-order valence-electron chi connectivity index (χ0n) is 10.9. The van der Waals surface area contributed by atoms with E-state index in [0.717, 1.165) is 25.7 Å². The van der Waals surface area contributed by atoms with Crippen LogP contribution >= 0.6 is 0 Å². The summed E-state index contributed by atoms with van der Waals surface area (Å²) in [5, 5.41) is 0. The fraction of sp³-hybridized carbons (Fsp3) is 0.467. The van der Waals surface area contributed by atoms with Crippen LogP contribution in [0.3, 0.4) is 0 Å². The second-order valence-electron chi connectivity index (χ2n) is 4.29. The predicted molar refractivity (Wildman–Crippen MR) is 70.5 cm³/mol. The van der Waals surface area contributed by atoms with Crippen LogP contribution in [0.15, 0.2) is 30.3 Å². The minimum Gasteiger partial charge on any atom is -0.454 e. The van der Waals surface area contributed by atoms with Crippen molar-refractivity contribution in [2.24, 2.45) is 0 Å². The molecule has 0 radical (unpaired) electrons. The maximum atomic E-state index is 11.6. The van der Waals surface area contributed by atoms with Gasteiger partial charge in [-0.2, -0.15) is 0 Å². The lowest BCUT2D eigenvalue weighted by Gasteiger charge is -2.04. The van der Waals surface area contributed by atoms with E-state index in [2.05, 4.69) is 6.92 Å². The first kappa shape index (κ1) is 14.4. The van der Waals surface area contributed by atoms with Crippen LogP contribution in [-0.4, -0.2) is 18.4 Å². The average molecular weight is 248 g/mol. The number of esters is 1. The Morgan fingerprint density at radius 3 is 2.44 bits per heavy atom. The van der Waals surface area contributed by atoms with Crippen molar-refractivity contribution in [3.8, 4) is 0 Å². The molecule has 18 heavy (non-hydrogen) atoms. The molecule has 0 atom stereocenters. The molecule has 3 heteroatoms. The van der Waals surface area contributed by atoms with E-state index in [9.17, 15) is 9.59 Å². The van der Waals surface area contributed by atoms with Crippen LogP contribution in [0, 0.1) is 0 Å². The lowest BCUT2D eigenvalue weighted by atomic mass is 10.1. The van der Waals surface area contributed by atoms with E-state index in [1.54, 1.807) is 24.3 Å². The Bertz CT molecular complexity index is 371. The van der Waals surface area contributed by atoms with E-state index >= 15 is 0 Å². The van der Waals surface area contributed by atoms with Gasteiger partial charge in [-0.1, -0.05) is 44.4 Å². The minimum absolute atomic E-state index is 0.00427. The number of ether oxygens (including phenoxy) is 1. The van der Waals surface area contributed by atoms with Gasteiger partial charge < -0.3 is 4.74 Å². The molecule has 0 heterocycles. The van der Waals surface area contributed by atoms with Crippen molar-refractivity contribution in [2.45, 2.75) is 39.0 Å². The number of hydrogen-bond donors (Lipinski definition) is 0. The van der Waals surface area contributed by atoms with Crippen molar-refractivity contribution in [3.63, 3.8) is 0 Å². The van der Waals surface area contributed by atoms with Gasteiger partial charge in [-0.3, -0.25) is 4.79 Å². The molecule has 1 aromatic rings. The summed E-state index contributed by atoms with van der Waals surface area (Å²) < 4.78 is 4.96. The molecule has 1 aromatic carbocycles. The van der Waals surface area contributed by atoms with Gasteiger partial charge >= 0.3 is 5.97 Å². The Labute approximate surface area is 108 Å². The summed E-state index contributed by atoms with van der Waals surface area (Å²) in [5.41, 5.74) is 0.483. The second-order valence-corrected chi connectivity index (χ2v) is 4.29. The van der Waals surface area contributed by atoms with E-state index < -0.39 is 5.97 Å². The molecule has 0 amide bonds. The molecule has 3 nitrogen and oxygen atoms in total. The van der Waals surface area contributed by atoms with Crippen LogP contribution in [0.2, 0.25) is 0 Å². The Morgan fingerprint density at radius 1 is 1.06 bits per heavy atom. The number of carbonyl (C=O) groups is 2. The van der Waals surface area contributed by atoms with Crippen molar-refractivity contribution in [2.75, 3.05) is 6.61 Å². The van der Waals surface area contributed by atoms with E-state index in [1.807, 2.05) is 6.07 Å². The molecule has 0 aliphatic carbocycles. The average Bonchev–Trinajstić information content (AvgIpc) is 2.42. The zero-order chi connectivity index (χ0) is 13.2. The summed E-state index contributed by atoms with van der Waals surface area (Å²) in [5.74, 6) is -0.437. The van der Waals surface area contributed by atoms with Gasteiger partial charge in [0.15, 0.2) is 5.78 Å². The van der Waals surface area contributed by atoms with Gasteiger partial charge in [-0.15, -0.1) is 0 Å². The quantitative estimate of drug-likeness (QED) is 0.523. The summed E-state index contributed by atoms with van der Waals surface area (Å²) in [7, 11) is 0. The highest BCUT2D eigenvalue weighted by Crippen LogP contribution is 2.04. The van der Waals surface area contributed by atoms with Gasteiger partial charge in [0.05, 0.1) is 5.56 Å². The Morgan fingerprint density at radius 2 is 1.78 bits per heavy atom. The fourth-order valence-corrected chi connectivity index (χ4v) is 1.62. The van der Waals surface area contributed by atoms with Crippen molar-refractivity contribution in [1.82, 2.24) is 0 Å². The molecule has 0 saturated heterocycles. The standard InChI is InChI=1S/C15H20O3/c1-2-3-4-8-11-14(16)12-18-15(17)13-9-6-5-7-10-13/h5-7,9-10H,2-4,8,11-12H2,1H3. The van der Waals surface area contributed by atoms with Gasteiger partial charge in [-0.25, -0.2) is 4.79 Å². The maximum absolute atomic E-state index is 11.6. The highest BCUT2D eigenvalue weighted by Gasteiger charge is 2.09. The summed E-state index contributed by atoms with van der Waals surface area (Å²) >= 11 is 0. The van der Waals surface area contributed by atoms with Crippen LogP contribution in [0.5, 0.6) is 0 Å². The molecule has 0 bridgehead atoms. The summed E-state index contributed by atoms with van der Waals surface area (Å²) in [4.78, 5) is 23.0. The van der Waals surface area contributed by atoms with Crippen LogP contribution < -0.4 is 0 Å². The first-order chi connectivity index (χ1) is 8.74. The second kappa shape index (κ2) is 8.45. The summed E-state index contributed by atoms with van der Waals surface area (Å²) in [6, 6.07) is 8.71. The number of unbranched alkanes of at least 4 members (excludes halogenated alkanes) is 3. The van der Waals surface area contributed by atoms with Crippen molar-refractivity contribution in [1.29, 1.82) is 0 Å². The van der Waals surface area contributed by atoms with Gasteiger partial charge in [0, 0.05) is 6.42 Å². The molecule has 0 aromatic heterocycles. The van der Waals surface area contributed by atoms with Crippen molar-refractivity contribution in [3.05, 3.63) is 35.9 Å². The topological polar surface area (TPSA) is 43.4 Å². The van der Waals surface area contributed by atoms with Gasteiger partial charge in [0.1, 0.15) is 6.61 Å². The Kier molecular flexibility index (Phi) is 6.77. The van der Waals surface area contributed by atoms with E-state index in [1.165, 1.54) is 0 Å². The molecule has 0 saturated carbocycles. The largest absolute Gasteiger partial charge is 0.454 e. The summed E-state index contributed by atoms with van der Waals surface area (Å²) in [6.45, 7) is 2.02. The van der Waals surface area contributed by atoms with Gasteiger partial charge in [0.25, 0.3) is 0 Å². The molecular weight excluding hydrogens is 228 g/mol. The van der Waals surface area contributed by atoms with Crippen LogP contribution in [0.25, 0.3) is 0 Å². The maximum Gasteiger partial charge on any atom is 0.338 e. The van der Waals surface area contributed by atoms with E-state index in [-0.39, 0.29) is 12.4 Å². The van der Waals surface area contributed by atoms with Crippen molar-refractivity contribution < 1.29 is 14.3 Å². The molecule has 98 valence electrons. The van der Waals surface area contributed by atoms with Crippen LogP contribution in [-0.2, 0) is 9.53 Å². The number of Topliss-reactive ketones (excluding diaryl/α,β-unsaturated/α-hetero) is 1. The van der Waals surface area contributed by atoms with Gasteiger partial charge in [-0.05, 0) is 18.6 Å². The van der Waals surface area contributed by atoms with E-state index in [0.29, 0.717) is 12.0 Å². The Hall–Kier alpha value is -1.64. The SMILES string of the molecule is CCCCCCC(=O)COC(=O)c1ccccc1. The Balaban J connectivity index is 2.20. The normalized spacial score (nSPS) is 10.1. The third-order valence-corrected chi connectivity index (χ3v) is 2.68. The molecule has 0 unspecified atom stereocenters. The first-order valence-corrected chi connectivity index (χ1v) is 6.48. The van der Waals surface area contributed by atoms with Crippen LogP contribution in [0.1, 0.15) is 49.4 Å². The number of ketones is 1. The van der Waals surface area contributed by atoms with Crippen molar-refractivity contribution >= 4 is 11.8 Å². The lowest BCUT2D eigenvalue weighted by molar-refractivity contribution is -0.122. The first-order valence-electron chi connectivity index (χ1n) is 6.48. The zero-order valence-corrected chi connectivity index (χ0v) is 10.9. The summed E-state index contributed by atoms with van der Waals surface area (Å²) in [6.07, 6.45) is 4.75. The molecule has 0 aliphatic rings. The molecular formula is C15H20O3. The van der Waals surface area contributed by atoms with E-state index in [4.69, 9.17) is 4.74 Å². The number of benzene rings is 1. The molecule has 0 N–H and O–H groups in total. The smallest absolute Gasteiger partial charge is 0.338 e. The highest BCUT2D eigenvalue weighted by atomic mass is 16.5. The lowest BCUT2D eigenvalue weighted by Crippen LogP contribution is -2.13. The molecule has 0 fully saturated rings. The number of hydrogen-bond acceptors (Lipinski definition) is 3. The number of rotatable bonds is 8. The molecule has 0 spiro atoms. The van der Waals surface area contributed by atoms with Crippen LogP contribution in [0.4, 0.5) is 0 Å².